The number of nitrogens with zero attached hydrogens (tertiary/aromatic N) is 1. The van der Waals surface area contributed by atoms with Crippen molar-refractivity contribution in [3.63, 3.8) is 0 Å². The summed E-state index contributed by atoms with van der Waals surface area (Å²) in [5.74, 6) is -0.290. The van der Waals surface area contributed by atoms with Crippen molar-refractivity contribution in [2.75, 3.05) is 5.32 Å². The van der Waals surface area contributed by atoms with E-state index < -0.39 is 0 Å². The Morgan fingerprint density at radius 1 is 1.42 bits per heavy atom. The molecule has 0 atom stereocenters. The van der Waals surface area contributed by atoms with Crippen molar-refractivity contribution in [1.29, 1.82) is 0 Å². The highest BCUT2D eigenvalue weighted by Gasteiger charge is 2.11. The maximum absolute atomic E-state index is 12.0. The molecule has 5 heteroatoms. The second kappa shape index (κ2) is 5.84. The fourth-order valence-corrected chi connectivity index (χ4v) is 2.17. The number of carbonyl (C=O) groups is 1. The topological polar surface area (TPSA) is 56.0 Å². The Kier molecular flexibility index (Phi) is 4.16. The number of hydrogen-bond donors (Lipinski definition) is 1. The first-order valence-corrected chi connectivity index (χ1v) is 6.68. The van der Waals surface area contributed by atoms with Gasteiger partial charge in [-0.25, -0.2) is 0 Å². The van der Waals surface area contributed by atoms with E-state index in [1.807, 2.05) is 25.1 Å². The van der Waals surface area contributed by atoms with Gasteiger partial charge in [0.25, 0.3) is 5.91 Å². The molecule has 0 aliphatic heterocycles. The largest absolute Gasteiger partial charge is 0.619 e. The van der Waals surface area contributed by atoms with E-state index in [-0.39, 0.29) is 5.91 Å². The lowest BCUT2D eigenvalue weighted by molar-refractivity contribution is -0.605. The summed E-state index contributed by atoms with van der Waals surface area (Å²) in [6, 6.07) is 8.83. The summed E-state index contributed by atoms with van der Waals surface area (Å²) in [5, 5.41) is 14.0. The summed E-state index contributed by atoms with van der Waals surface area (Å²) in [5.41, 5.74) is 2.13. The van der Waals surface area contributed by atoms with E-state index in [2.05, 4.69) is 21.2 Å². The van der Waals surface area contributed by atoms with Gasteiger partial charge in [0.2, 0.25) is 0 Å². The highest BCUT2D eigenvalue weighted by Crippen LogP contribution is 2.22. The van der Waals surface area contributed by atoms with E-state index in [4.69, 9.17) is 0 Å². The van der Waals surface area contributed by atoms with Crippen molar-refractivity contribution in [2.24, 2.45) is 0 Å². The number of anilines is 1. The third-order valence-corrected chi connectivity index (χ3v) is 3.23. The smallest absolute Gasteiger partial charge is 0.261 e. The average molecular weight is 321 g/mol. The van der Waals surface area contributed by atoms with Gasteiger partial charge in [0, 0.05) is 16.2 Å². The van der Waals surface area contributed by atoms with Crippen LogP contribution >= 0.6 is 15.9 Å². The van der Waals surface area contributed by atoms with Crippen molar-refractivity contribution in [3.05, 3.63) is 63.5 Å². The van der Waals surface area contributed by atoms with E-state index in [0.717, 1.165) is 22.1 Å². The Morgan fingerprint density at radius 3 is 2.89 bits per heavy atom. The molecule has 1 N–H and O–H groups in total. The lowest BCUT2D eigenvalue weighted by atomic mass is 10.1. The molecule has 1 amide bonds. The van der Waals surface area contributed by atoms with Gasteiger partial charge >= 0.3 is 0 Å². The lowest BCUT2D eigenvalue weighted by Gasteiger charge is -2.10. The maximum Gasteiger partial charge on any atom is 0.261 e. The Hall–Kier alpha value is -1.88. The van der Waals surface area contributed by atoms with Crippen LogP contribution in [0, 0.1) is 5.21 Å². The van der Waals surface area contributed by atoms with Gasteiger partial charge in [-0.3, -0.25) is 4.79 Å². The number of hydrogen-bond acceptors (Lipinski definition) is 2. The van der Waals surface area contributed by atoms with Crippen LogP contribution in [0.2, 0.25) is 0 Å². The number of carbonyl (C=O) groups excluding carboxylic acids is 1. The molecular weight excluding hydrogens is 308 g/mol. The highest BCUT2D eigenvalue weighted by molar-refractivity contribution is 9.10. The summed E-state index contributed by atoms with van der Waals surface area (Å²) >= 11 is 3.40. The third kappa shape index (κ3) is 3.32. The van der Waals surface area contributed by atoms with Gasteiger partial charge in [-0.1, -0.05) is 22.9 Å². The van der Waals surface area contributed by atoms with Crippen LogP contribution in [0.1, 0.15) is 22.8 Å². The minimum absolute atomic E-state index is 0.290. The van der Waals surface area contributed by atoms with Gasteiger partial charge in [0.15, 0.2) is 12.4 Å². The molecule has 2 rings (SSSR count). The number of halogens is 1. The van der Waals surface area contributed by atoms with Crippen LogP contribution in [0.4, 0.5) is 5.69 Å². The third-order valence-electron chi connectivity index (χ3n) is 2.73. The van der Waals surface area contributed by atoms with E-state index in [0.29, 0.717) is 10.3 Å². The average Bonchev–Trinajstić information content (AvgIpc) is 2.40. The van der Waals surface area contributed by atoms with Gasteiger partial charge < -0.3 is 10.5 Å². The Bertz CT molecular complexity index is 614. The molecule has 0 unspecified atom stereocenters. The molecule has 0 saturated heterocycles. The Labute approximate surface area is 119 Å². The van der Waals surface area contributed by atoms with E-state index in [1.165, 1.54) is 12.4 Å². The minimum atomic E-state index is -0.290. The zero-order chi connectivity index (χ0) is 13.8. The zero-order valence-electron chi connectivity index (χ0n) is 10.4. The summed E-state index contributed by atoms with van der Waals surface area (Å²) in [7, 11) is 0. The summed E-state index contributed by atoms with van der Waals surface area (Å²) in [4.78, 5) is 12.0. The minimum Gasteiger partial charge on any atom is -0.619 e. The Morgan fingerprint density at radius 2 is 2.21 bits per heavy atom. The molecule has 1 aromatic heterocycles. The first kappa shape index (κ1) is 13.5. The number of rotatable bonds is 3. The molecule has 0 bridgehead atoms. The predicted octanol–water partition coefficient (Wildman–Crippen LogP) is 2.90. The van der Waals surface area contributed by atoms with Crippen LogP contribution in [0.15, 0.2) is 47.2 Å². The molecule has 4 nitrogen and oxygen atoms in total. The second-order valence-electron chi connectivity index (χ2n) is 4.06. The summed E-state index contributed by atoms with van der Waals surface area (Å²) in [6.07, 6.45) is 3.40. The summed E-state index contributed by atoms with van der Waals surface area (Å²) < 4.78 is 1.58. The van der Waals surface area contributed by atoms with E-state index >= 15 is 0 Å². The number of aromatic nitrogens is 1. The molecule has 0 aliphatic rings. The lowest BCUT2D eigenvalue weighted by Crippen LogP contribution is -2.27. The predicted molar refractivity (Wildman–Crippen MR) is 76.9 cm³/mol. The van der Waals surface area contributed by atoms with Crippen molar-refractivity contribution >= 4 is 27.5 Å². The van der Waals surface area contributed by atoms with Crippen LogP contribution in [-0.2, 0) is 6.42 Å². The van der Waals surface area contributed by atoms with Crippen LogP contribution in [0.5, 0.6) is 0 Å². The van der Waals surface area contributed by atoms with Crippen molar-refractivity contribution < 1.29 is 9.52 Å². The van der Waals surface area contributed by atoms with E-state index in [1.54, 1.807) is 12.1 Å². The molecule has 1 heterocycles. The number of nitrogens with one attached hydrogen (secondary N) is 1. The zero-order valence-corrected chi connectivity index (χ0v) is 12.0. The number of pyridine rings is 1. The highest BCUT2D eigenvalue weighted by atomic mass is 79.9. The monoisotopic (exact) mass is 320 g/mol. The molecule has 0 saturated carbocycles. The fraction of sp³-hybridized carbons (Fsp3) is 0.143. The quantitative estimate of drug-likeness (QED) is 0.698. The van der Waals surface area contributed by atoms with Gasteiger partial charge in [-0.15, -0.1) is 0 Å². The normalized spacial score (nSPS) is 10.2. The molecule has 19 heavy (non-hydrogen) atoms. The molecule has 2 aromatic rings. The second-order valence-corrected chi connectivity index (χ2v) is 4.98. The van der Waals surface area contributed by atoms with Crippen LogP contribution in [0.3, 0.4) is 0 Å². The number of benzene rings is 1. The first-order valence-electron chi connectivity index (χ1n) is 5.88. The molecule has 0 spiro atoms. The van der Waals surface area contributed by atoms with Crippen molar-refractivity contribution in [3.8, 4) is 0 Å². The van der Waals surface area contributed by atoms with Gasteiger partial charge in [-0.2, -0.15) is 4.73 Å². The maximum atomic E-state index is 12.0. The van der Waals surface area contributed by atoms with Crippen LogP contribution in [-0.4, -0.2) is 5.91 Å². The Balaban J connectivity index is 2.24. The van der Waals surface area contributed by atoms with Crippen LogP contribution < -0.4 is 10.0 Å². The number of amides is 1. The van der Waals surface area contributed by atoms with Crippen molar-refractivity contribution in [2.45, 2.75) is 13.3 Å². The van der Waals surface area contributed by atoms with Crippen LogP contribution in [0.25, 0.3) is 0 Å². The molecule has 1 aromatic carbocycles. The standard InChI is InChI=1S/C14H13BrN2O2/c1-2-10-8-12(15)5-6-13(10)16-14(18)11-4-3-7-17(19)9-11/h3-9H,2H2,1H3,(H,16,18). The molecule has 0 aliphatic carbocycles. The van der Waals surface area contributed by atoms with E-state index in [9.17, 15) is 10.0 Å². The number of aryl methyl sites for hydroxylation is 1. The molecule has 0 radical (unpaired) electrons. The fourth-order valence-electron chi connectivity index (χ4n) is 1.76. The SMILES string of the molecule is CCc1cc(Br)ccc1NC(=O)c1ccc[n+]([O-])c1. The molecule has 0 fully saturated rings. The van der Waals surface area contributed by atoms with Crippen molar-refractivity contribution in [1.82, 2.24) is 0 Å². The van der Waals surface area contributed by atoms with Gasteiger partial charge in [-0.05, 0) is 36.2 Å². The molecular formula is C14H13BrN2O2. The van der Waals surface area contributed by atoms with Gasteiger partial charge in [0.05, 0.1) is 0 Å². The first-order chi connectivity index (χ1) is 9.10. The van der Waals surface area contributed by atoms with Gasteiger partial charge in [0.1, 0.15) is 5.56 Å². The summed E-state index contributed by atoms with van der Waals surface area (Å²) in [6.45, 7) is 2.02. The molecule has 98 valence electrons.